The molecule has 0 aromatic carbocycles. The second-order valence-electron chi connectivity index (χ2n) is 3.57. The monoisotopic (exact) mass is 270 g/mol. The summed E-state index contributed by atoms with van der Waals surface area (Å²) in [6, 6.07) is 3.51. The predicted octanol–water partition coefficient (Wildman–Crippen LogP) is 2.62. The summed E-state index contributed by atoms with van der Waals surface area (Å²) in [5.41, 5.74) is 0.584. The maximum absolute atomic E-state index is 11.7. The third-order valence-corrected chi connectivity index (χ3v) is 2.94. The summed E-state index contributed by atoms with van der Waals surface area (Å²) in [7, 11) is 0. The van der Waals surface area contributed by atoms with Crippen LogP contribution >= 0.6 is 15.9 Å². The van der Waals surface area contributed by atoms with Crippen LogP contribution < -0.4 is 5.32 Å². The number of carbonyl (C=O) groups excluding carboxylic acids is 1. The molecule has 0 aliphatic heterocycles. The first-order valence-corrected chi connectivity index (χ1v) is 5.83. The van der Waals surface area contributed by atoms with E-state index in [2.05, 4.69) is 40.1 Å². The maximum Gasteiger partial charge on any atom is 0.254 e. The summed E-state index contributed by atoms with van der Waals surface area (Å²) in [5.74, 6) is 0.430. The van der Waals surface area contributed by atoms with Crippen molar-refractivity contribution in [1.29, 1.82) is 0 Å². The van der Waals surface area contributed by atoms with E-state index >= 15 is 0 Å². The number of halogens is 1. The Morgan fingerprint density at radius 3 is 3.00 bits per heavy atom. The van der Waals surface area contributed by atoms with Gasteiger partial charge >= 0.3 is 0 Å². The zero-order valence-electron chi connectivity index (χ0n) is 8.96. The molecule has 1 rings (SSSR count). The number of hydrogen-bond donors (Lipinski definition) is 1. The van der Waals surface area contributed by atoms with Gasteiger partial charge in [0.2, 0.25) is 0 Å². The van der Waals surface area contributed by atoms with Crippen molar-refractivity contribution >= 4 is 21.8 Å². The Morgan fingerprint density at radius 1 is 1.67 bits per heavy atom. The molecule has 0 bridgehead atoms. The lowest BCUT2D eigenvalue weighted by atomic mass is 10.1. The standard InChI is InChI=1S/C11H15BrN2O/c1-3-8(2)7-14-11(15)9-5-4-6-13-10(9)12/h4-6,8H,3,7H2,1-2H3,(H,14,15). The Balaban J connectivity index is 2.58. The maximum atomic E-state index is 11.7. The quantitative estimate of drug-likeness (QED) is 0.855. The molecule has 0 spiro atoms. The van der Waals surface area contributed by atoms with Crippen molar-refractivity contribution in [2.45, 2.75) is 20.3 Å². The minimum atomic E-state index is -0.0738. The lowest BCUT2D eigenvalue weighted by molar-refractivity contribution is 0.0946. The van der Waals surface area contributed by atoms with Gasteiger partial charge in [0.25, 0.3) is 5.91 Å². The average Bonchev–Trinajstić information content (AvgIpc) is 2.26. The summed E-state index contributed by atoms with van der Waals surface area (Å²) in [6.07, 6.45) is 2.71. The summed E-state index contributed by atoms with van der Waals surface area (Å²) in [4.78, 5) is 15.7. The van der Waals surface area contributed by atoms with Gasteiger partial charge < -0.3 is 5.32 Å². The molecule has 1 amide bonds. The molecule has 1 aromatic heterocycles. The van der Waals surface area contributed by atoms with E-state index in [0.29, 0.717) is 22.6 Å². The molecule has 0 aliphatic rings. The molecule has 1 unspecified atom stereocenters. The molecule has 0 fully saturated rings. The van der Waals surface area contributed by atoms with Crippen molar-refractivity contribution < 1.29 is 4.79 Å². The van der Waals surface area contributed by atoms with E-state index in [4.69, 9.17) is 0 Å². The van der Waals surface area contributed by atoms with Crippen molar-refractivity contribution in [3.05, 3.63) is 28.5 Å². The summed E-state index contributed by atoms with van der Waals surface area (Å²) in [5, 5.41) is 2.88. The van der Waals surface area contributed by atoms with Gasteiger partial charge in [-0.25, -0.2) is 4.98 Å². The Hall–Kier alpha value is -0.900. The second-order valence-corrected chi connectivity index (χ2v) is 4.32. The van der Waals surface area contributed by atoms with E-state index in [-0.39, 0.29) is 5.91 Å². The summed E-state index contributed by atoms with van der Waals surface area (Å²) in [6.45, 7) is 4.92. The SMILES string of the molecule is CCC(C)CNC(=O)c1cccnc1Br. The highest BCUT2D eigenvalue weighted by Gasteiger charge is 2.10. The normalized spacial score (nSPS) is 12.2. The number of amides is 1. The highest BCUT2D eigenvalue weighted by atomic mass is 79.9. The van der Waals surface area contributed by atoms with E-state index in [1.165, 1.54) is 0 Å². The molecular formula is C11H15BrN2O. The van der Waals surface area contributed by atoms with Crippen molar-refractivity contribution in [1.82, 2.24) is 10.3 Å². The topological polar surface area (TPSA) is 42.0 Å². The van der Waals surface area contributed by atoms with Gasteiger partial charge in [-0.15, -0.1) is 0 Å². The second kappa shape index (κ2) is 5.85. The smallest absolute Gasteiger partial charge is 0.254 e. The number of rotatable bonds is 4. The highest BCUT2D eigenvalue weighted by Crippen LogP contribution is 2.12. The minimum Gasteiger partial charge on any atom is -0.352 e. The van der Waals surface area contributed by atoms with E-state index in [0.717, 1.165) is 6.42 Å². The Kier molecular flexibility index (Phi) is 4.75. The van der Waals surface area contributed by atoms with Gasteiger partial charge in [-0.1, -0.05) is 20.3 Å². The van der Waals surface area contributed by atoms with Crippen LogP contribution in [0.5, 0.6) is 0 Å². The van der Waals surface area contributed by atoms with E-state index in [1.54, 1.807) is 18.3 Å². The summed E-state index contributed by atoms with van der Waals surface area (Å²) < 4.78 is 0.589. The lowest BCUT2D eigenvalue weighted by Gasteiger charge is -2.10. The van der Waals surface area contributed by atoms with Crippen molar-refractivity contribution in [2.75, 3.05) is 6.54 Å². The molecule has 82 valence electrons. The molecule has 1 atom stereocenters. The van der Waals surface area contributed by atoms with E-state index in [9.17, 15) is 4.79 Å². The van der Waals surface area contributed by atoms with Crippen molar-refractivity contribution in [3.63, 3.8) is 0 Å². The molecule has 1 heterocycles. The first kappa shape index (κ1) is 12.2. The molecule has 0 radical (unpaired) electrons. The third-order valence-electron chi connectivity index (χ3n) is 2.31. The number of nitrogens with zero attached hydrogens (tertiary/aromatic N) is 1. The zero-order valence-corrected chi connectivity index (χ0v) is 10.5. The van der Waals surface area contributed by atoms with Crippen LogP contribution in [0.2, 0.25) is 0 Å². The number of pyridine rings is 1. The first-order valence-electron chi connectivity index (χ1n) is 5.03. The van der Waals surface area contributed by atoms with Crippen LogP contribution in [0.25, 0.3) is 0 Å². The fourth-order valence-electron chi connectivity index (χ4n) is 1.06. The van der Waals surface area contributed by atoms with Gasteiger partial charge in [0.15, 0.2) is 0 Å². The number of nitrogens with one attached hydrogen (secondary N) is 1. The van der Waals surface area contributed by atoms with Crippen LogP contribution in [0, 0.1) is 5.92 Å². The van der Waals surface area contributed by atoms with Gasteiger partial charge in [0.1, 0.15) is 4.60 Å². The Morgan fingerprint density at radius 2 is 2.40 bits per heavy atom. The zero-order chi connectivity index (χ0) is 11.3. The molecule has 1 N–H and O–H groups in total. The average molecular weight is 271 g/mol. The minimum absolute atomic E-state index is 0.0738. The van der Waals surface area contributed by atoms with Crippen LogP contribution in [0.15, 0.2) is 22.9 Å². The lowest BCUT2D eigenvalue weighted by Crippen LogP contribution is -2.28. The van der Waals surface area contributed by atoms with Crippen LogP contribution in [0.3, 0.4) is 0 Å². The summed E-state index contributed by atoms with van der Waals surface area (Å²) >= 11 is 3.25. The van der Waals surface area contributed by atoms with Gasteiger partial charge in [0, 0.05) is 12.7 Å². The Labute approximate surface area is 98.4 Å². The van der Waals surface area contributed by atoms with Gasteiger partial charge in [-0.2, -0.15) is 0 Å². The fourth-order valence-corrected chi connectivity index (χ4v) is 1.49. The van der Waals surface area contributed by atoms with Crippen LogP contribution in [0.1, 0.15) is 30.6 Å². The Bertz CT molecular complexity index is 341. The van der Waals surface area contributed by atoms with E-state index in [1.807, 2.05) is 0 Å². The fraction of sp³-hybridized carbons (Fsp3) is 0.455. The molecule has 15 heavy (non-hydrogen) atoms. The van der Waals surface area contributed by atoms with E-state index < -0.39 is 0 Å². The predicted molar refractivity (Wildman–Crippen MR) is 63.7 cm³/mol. The third kappa shape index (κ3) is 3.63. The van der Waals surface area contributed by atoms with Crippen molar-refractivity contribution in [2.24, 2.45) is 5.92 Å². The number of aromatic nitrogens is 1. The van der Waals surface area contributed by atoms with Gasteiger partial charge in [0.05, 0.1) is 5.56 Å². The first-order chi connectivity index (χ1) is 7.15. The highest BCUT2D eigenvalue weighted by molar-refractivity contribution is 9.10. The number of carbonyl (C=O) groups is 1. The molecule has 0 saturated heterocycles. The van der Waals surface area contributed by atoms with Crippen molar-refractivity contribution in [3.8, 4) is 0 Å². The van der Waals surface area contributed by atoms with Gasteiger partial charge in [-0.05, 0) is 34.0 Å². The molecule has 4 heteroatoms. The van der Waals surface area contributed by atoms with Crippen LogP contribution in [-0.2, 0) is 0 Å². The number of hydrogen-bond acceptors (Lipinski definition) is 2. The van der Waals surface area contributed by atoms with Crippen LogP contribution in [0.4, 0.5) is 0 Å². The van der Waals surface area contributed by atoms with Gasteiger partial charge in [-0.3, -0.25) is 4.79 Å². The molecule has 0 saturated carbocycles. The molecule has 0 aliphatic carbocycles. The largest absolute Gasteiger partial charge is 0.352 e. The molecule has 3 nitrogen and oxygen atoms in total. The molecule has 1 aromatic rings. The molecular weight excluding hydrogens is 256 g/mol. The van der Waals surface area contributed by atoms with Crippen LogP contribution in [-0.4, -0.2) is 17.4 Å².